The molecular formula is C47H51AgClF3N2O5P3S+3. The monoisotopic (exact) mass is 1050 g/mol. The van der Waals surface area contributed by atoms with Crippen molar-refractivity contribution >= 4 is 88.0 Å². The number of anilines is 2. The zero-order valence-electron chi connectivity index (χ0n) is 34.4. The van der Waals surface area contributed by atoms with Crippen molar-refractivity contribution in [1.82, 2.24) is 0 Å². The first-order valence-electron chi connectivity index (χ1n) is 20.4. The molecule has 3 aliphatic heterocycles. The Morgan fingerprint density at radius 2 is 0.762 bits per heavy atom. The third-order valence-electron chi connectivity index (χ3n) is 10.1. The van der Waals surface area contributed by atoms with Crippen molar-refractivity contribution in [2.45, 2.75) is 31.2 Å². The van der Waals surface area contributed by atoms with Gasteiger partial charge in [-0.15, -0.1) is 0 Å². The van der Waals surface area contributed by atoms with Crippen LogP contribution in [0.3, 0.4) is 0 Å². The Labute approximate surface area is 393 Å². The summed E-state index contributed by atoms with van der Waals surface area (Å²) < 4.78 is 73.8. The second-order valence-electron chi connectivity index (χ2n) is 14.4. The number of nitrogens with zero attached hydrogens (tertiary/aromatic N) is 2. The molecule has 0 aliphatic carbocycles. The van der Waals surface area contributed by atoms with Gasteiger partial charge in [0.2, 0.25) is 0 Å². The van der Waals surface area contributed by atoms with Crippen molar-refractivity contribution in [3.63, 3.8) is 0 Å². The number of hydrogen-bond acceptors (Lipinski definition) is 7. The second-order valence-corrected chi connectivity index (χ2v) is 23.2. The van der Waals surface area contributed by atoms with Crippen LogP contribution in [0.2, 0.25) is 0 Å². The average molecular weight is 1050 g/mol. The molecule has 0 bridgehead atoms. The maximum atomic E-state index is 10.7. The predicted molar refractivity (Wildman–Crippen MR) is 258 cm³/mol. The Hall–Kier alpha value is -3.14. The van der Waals surface area contributed by atoms with E-state index in [4.69, 9.17) is 33.7 Å². The summed E-state index contributed by atoms with van der Waals surface area (Å²) in [4.78, 5) is 0. The first-order valence-corrected chi connectivity index (χ1v) is 27.3. The van der Waals surface area contributed by atoms with Crippen LogP contribution >= 0.6 is 34.7 Å². The molecule has 6 aromatic rings. The Bertz CT molecular complexity index is 2120. The minimum atomic E-state index is -6.09. The van der Waals surface area contributed by atoms with Crippen molar-refractivity contribution < 1.29 is 58.0 Å². The van der Waals surface area contributed by atoms with Gasteiger partial charge in [-0.3, -0.25) is 0 Å². The van der Waals surface area contributed by atoms with Crippen molar-refractivity contribution in [2.24, 2.45) is 0 Å². The predicted octanol–water partition coefficient (Wildman–Crippen LogP) is 8.83. The van der Waals surface area contributed by atoms with E-state index in [1.165, 1.54) is 68.9 Å². The van der Waals surface area contributed by atoms with Crippen LogP contribution < -0.4 is 41.2 Å². The van der Waals surface area contributed by atoms with Crippen LogP contribution in [-0.4, -0.2) is 58.0 Å². The summed E-state index contributed by atoms with van der Waals surface area (Å²) in [5.41, 5.74) is -3.10. The number of benzene rings is 6. The van der Waals surface area contributed by atoms with E-state index in [-0.39, 0.29) is 22.4 Å². The zero-order chi connectivity index (χ0) is 43.8. The Balaban J connectivity index is 0.000000327. The molecule has 0 saturated carbocycles. The third-order valence-corrected chi connectivity index (χ3v) is 19.3. The molecule has 0 radical (unpaired) electrons. The molecule has 63 heavy (non-hydrogen) atoms. The number of rotatable bonds is 8. The molecule has 0 unspecified atom stereocenters. The van der Waals surface area contributed by atoms with Gasteiger partial charge in [-0.25, -0.2) is 17.8 Å². The maximum Gasteiger partial charge on any atom is 1.00 e. The molecule has 6 aromatic carbocycles. The molecule has 3 aliphatic rings. The van der Waals surface area contributed by atoms with Crippen molar-refractivity contribution in [1.29, 1.82) is 0 Å². The molecule has 0 N–H and O–H groups in total. The van der Waals surface area contributed by atoms with E-state index in [9.17, 15) is 13.2 Å². The van der Waals surface area contributed by atoms with Crippen molar-refractivity contribution in [3.05, 3.63) is 170 Å². The maximum absolute atomic E-state index is 10.7. The van der Waals surface area contributed by atoms with Crippen LogP contribution in [0.15, 0.2) is 170 Å². The molecule has 3 heterocycles. The van der Waals surface area contributed by atoms with Crippen LogP contribution in [-0.2, 0) is 42.0 Å². The molecule has 3 fully saturated rings. The summed E-state index contributed by atoms with van der Waals surface area (Å²) in [6, 6.07) is 62.0. The van der Waals surface area contributed by atoms with Gasteiger partial charge in [-0.05, 0) is 98.5 Å². The van der Waals surface area contributed by atoms with Crippen LogP contribution in [0.1, 0.15) is 25.7 Å². The molecular weight excluding hydrogens is 998 g/mol. The average Bonchev–Trinajstić information content (AvgIpc) is 4.13. The number of hydrogen-bond donors (Lipinski definition) is 0. The van der Waals surface area contributed by atoms with Crippen molar-refractivity contribution in [2.75, 3.05) is 48.9 Å². The summed E-state index contributed by atoms with van der Waals surface area (Å²) in [6.45, 7) is 5.81. The molecule has 16 heteroatoms. The minimum absolute atomic E-state index is 0. The van der Waals surface area contributed by atoms with Gasteiger partial charge in [0.1, 0.15) is 70.3 Å². The minimum Gasteiger partial charge on any atom is -0.741 e. The van der Waals surface area contributed by atoms with E-state index >= 15 is 0 Å². The van der Waals surface area contributed by atoms with E-state index in [1.54, 1.807) is 0 Å². The van der Waals surface area contributed by atoms with E-state index in [1.807, 2.05) is 0 Å². The van der Waals surface area contributed by atoms with Crippen LogP contribution in [0.4, 0.5) is 24.5 Å². The largest absolute Gasteiger partial charge is 1.00 e. The number of para-hydroxylation sites is 2. The van der Waals surface area contributed by atoms with E-state index in [0.717, 1.165) is 39.5 Å². The van der Waals surface area contributed by atoms with Crippen molar-refractivity contribution in [3.8, 4) is 0 Å². The van der Waals surface area contributed by atoms with E-state index in [0.29, 0.717) is 0 Å². The van der Waals surface area contributed by atoms with Gasteiger partial charge in [0.05, 0.1) is 13.1 Å². The summed E-state index contributed by atoms with van der Waals surface area (Å²) in [5.74, 6) is 0. The van der Waals surface area contributed by atoms with Crippen LogP contribution in [0.25, 0.3) is 0 Å². The van der Waals surface area contributed by atoms with Gasteiger partial charge in [-0.2, -0.15) is 13.2 Å². The quantitative estimate of drug-likeness (QED) is 0.0653. The summed E-state index contributed by atoms with van der Waals surface area (Å²) in [5, 5.41) is 8.34. The SMILES string of the molecule is C1CCOC1.C1CCOC1.Cl[PH+]1N(c2ccccc2[PH+](c2ccccc2)c2ccccc2)CCN1c1ccccc1[PH+](c1ccccc1)c1ccccc1.O=S(=O)([O-])C(F)(F)F.[Ag+]. The number of alkyl halides is 3. The smallest absolute Gasteiger partial charge is 0.741 e. The number of ether oxygens (including phenoxy) is 2. The Morgan fingerprint density at radius 1 is 0.508 bits per heavy atom. The normalized spacial score (nSPS) is 15.1. The van der Waals surface area contributed by atoms with Gasteiger partial charge in [0, 0.05) is 26.4 Å². The van der Waals surface area contributed by atoms with E-state index in [2.05, 4.69) is 179 Å². The molecule has 0 aromatic heterocycles. The fourth-order valence-electron chi connectivity index (χ4n) is 7.21. The van der Waals surface area contributed by atoms with Gasteiger partial charge >= 0.3 is 27.9 Å². The van der Waals surface area contributed by atoms with Crippen LogP contribution in [0, 0.1) is 0 Å². The van der Waals surface area contributed by atoms with Crippen LogP contribution in [0.5, 0.6) is 0 Å². The first kappa shape index (κ1) is 50.9. The molecule has 0 atom stereocenters. The zero-order valence-corrected chi connectivity index (χ0v) is 40.4. The summed E-state index contributed by atoms with van der Waals surface area (Å²) in [6.07, 6.45) is 5.11. The summed E-state index contributed by atoms with van der Waals surface area (Å²) >= 11 is 7.63. The molecule has 0 spiro atoms. The second kappa shape index (κ2) is 25.5. The van der Waals surface area contributed by atoms with Gasteiger partial charge in [-0.1, -0.05) is 97.1 Å². The molecule has 7 nitrogen and oxygen atoms in total. The standard InChI is InChI=1S/C38H32ClN2P3.2C4H8O.CHF3O3S.Ag/c39-44-40(35-25-13-15-27-37(35)42(31-17-5-1-6-18-31)32-19-7-2-8-20-32)29-30-41(44)36-26-14-16-28-38(36)43(33-21-9-3-10-22-33)34-23-11-4-12-24-34;2*1-2-4-5-3-1;2-1(3,4)8(5,6)7;/h1-28H,29-30H2;2*1-4H2;(H,5,6,7);/q;;;;+1/p+2. The third kappa shape index (κ3) is 14.4. The molecule has 336 valence electrons. The molecule has 0 amide bonds. The first-order chi connectivity index (χ1) is 30.0. The Morgan fingerprint density at radius 3 is 1.00 bits per heavy atom. The van der Waals surface area contributed by atoms with Gasteiger partial charge in [0.15, 0.2) is 10.1 Å². The van der Waals surface area contributed by atoms with Gasteiger partial charge < -0.3 is 14.0 Å². The Kier molecular flexibility index (Phi) is 20.6. The molecule has 9 rings (SSSR count). The topological polar surface area (TPSA) is 82.1 Å². The number of halogens is 4. The summed E-state index contributed by atoms with van der Waals surface area (Å²) in [7, 11) is -10.2. The van der Waals surface area contributed by atoms with Gasteiger partial charge in [0.25, 0.3) is 7.58 Å². The fraction of sp³-hybridized carbons (Fsp3) is 0.234. The molecule has 3 saturated heterocycles. The van der Waals surface area contributed by atoms with E-state index < -0.39 is 39.0 Å². The fourth-order valence-corrected chi connectivity index (χ4v) is 15.6.